The molecule has 0 unspecified atom stereocenters. The van der Waals surface area contributed by atoms with Crippen LogP contribution in [0.15, 0.2) is 59.8 Å². The van der Waals surface area contributed by atoms with E-state index in [4.69, 9.17) is 9.47 Å². The van der Waals surface area contributed by atoms with Crippen LogP contribution in [0.25, 0.3) is 0 Å². The van der Waals surface area contributed by atoms with E-state index < -0.39 is 10.0 Å². The fourth-order valence-corrected chi connectivity index (χ4v) is 6.18. The van der Waals surface area contributed by atoms with Crippen LogP contribution in [0.4, 0.5) is 0 Å². The molecule has 2 aliphatic rings. The van der Waals surface area contributed by atoms with Crippen molar-refractivity contribution in [2.24, 2.45) is 18.9 Å². The van der Waals surface area contributed by atoms with Gasteiger partial charge in [-0.2, -0.15) is 9.40 Å². The zero-order valence-corrected chi connectivity index (χ0v) is 18.2. The molecule has 5 rings (SSSR count). The maximum atomic E-state index is 13.6. The predicted octanol–water partition coefficient (Wildman–Crippen LogP) is 2.57. The van der Waals surface area contributed by atoms with Crippen molar-refractivity contribution in [3.63, 3.8) is 0 Å². The Morgan fingerprint density at radius 2 is 2.03 bits per heavy atom. The van der Waals surface area contributed by atoms with Crippen LogP contribution in [0.5, 0.6) is 11.6 Å². The van der Waals surface area contributed by atoms with E-state index >= 15 is 0 Å². The number of hydrogen-bond acceptors (Lipinski definition) is 6. The molecular formula is C22H24N4O4S. The number of fused-ring (bicyclic) bond motifs is 3. The minimum absolute atomic E-state index is 0.0221. The monoisotopic (exact) mass is 440 g/mol. The van der Waals surface area contributed by atoms with E-state index in [0.29, 0.717) is 25.6 Å². The summed E-state index contributed by atoms with van der Waals surface area (Å²) in [5.74, 6) is 1.22. The summed E-state index contributed by atoms with van der Waals surface area (Å²) in [6.07, 6.45) is 2.94. The second kappa shape index (κ2) is 7.65. The van der Waals surface area contributed by atoms with Gasteiger partial charge >= 0.3 is 0 Å². The van der Waals surface area contributed by atoms with Gasteiger partial charge in [-0.25, -0.2) is 13.4 Å². The van der Waals surface area contributed by atoms with Crippen LogP contribution in [0.3, 0.4) is 0 Å². The molecule has 0 aliphatic carbocycles. The molecule has 0 spiro atoms. The van der Waals surface area contributed by atoms with Crippen molar-refractivity contribution in [3.8, 4) is 11.6 Å². The van der Waals surface area contributed by atoms with Gasteiger partial charge in [-0.1, -0.05) is 24.3 Å². The summed E-state index contributed by atoms with van der Waals surface area (Å²) in [7, 11) is -2.02. The lowest BCUT2D eigenvalue weighted by atomic mass is 9.86. The third-order valence-corrected chi connectivity index (χ3v) is 7.80. The Morgan fingerprint density at radius 1 is 1.19 bits per heavy atom. The molecule has 162 valence electrons. The van der Waals surface area contributed by atoms with Gasteiger partial charge < -0.3 is 9.47 Å². The number of benzene rings is 1. The first-order valence-electron chi connectivity index (χ1n) is 10.2. The molecule has 0 amide bonds. The summed E-state index contributed by atoms with van der Waals surface area (Å²) in [6, 6.07) is 13.0. The van der Waals surface area contributed by atoms with Gasteiger partial charge in [0, 0.05) is 48.9 Å². The smallest absolute Gasteiger partial charge is 0.246 e. The fourth-order valence-electron chi connectivity index (χ4n) is 4.49. The van der Waals surface area contributed by atoms with Gasteiger partial charge in [0.1, 0.15) is 10.6 Å². The summed E-state index contributed by atoms with van der Waals surface area (Å²) in [6.45, 7) is 3.06. The highest BCUT2D eigenvalue weighted by atomic mass is 32.2. The van der Waals surface area contributed by atoms with Crippen LogP contribution in [-0.4, -0.2) is 47.2 Å². The van der Waals surface area contributed by atoms with Crippen LogP contribution in [0.1, 0.15) is 17.3 Å². The van der Waals surface area contributed by atoms with Gasteiger partial charge in [-0.05, 0) is 19.1 Å². The number of aryl methyl sites for hydroxylation is 2. The number of ether oxygens (including phenoxy) is 2. The van der Waals surface area contributed by atoms with E-state index in [0.717, 1.165) is 17.0 Å². The minimum Gasteiger partial charge on any atom is -0.493 e. The summed E-state index contributed by atoms with van der Waals surface area (Å²) in [4.78, 5) is 4.59. The SMILES string of the molecule is Cc1cccc(OC[C@@H]2CN(S(=O)(=O)c3cnn(C)c3)[C@H]3c4ccccc4OC[C@@H]23)n1. The molecule has 8 nitrogen and oxygen atoms in total. The quantitative estimate of drug-likeness (QED) is 0.606. The second-order valence-corrected chi connectivity index (χ2v) is 9.96. The Morgan fingerprint density at radius 3 is 2.81 bits per heavy atom. The van der Waals surface area contributed by atoms with Crippen molar-refractivity contribution in [1.82, 2.24) is 19.1 Å². The summed E-state index contributed by atoms with van der Waals surface area (Å²) in [5.41, 5.74) is 1.76. The molecule has 1 saturated heterocycles. The van der Waals surface area contributed by atoms with E-state index in [2.05, 4.69) is 10.1 Å². The maximum absolute atomic E-state index is 13.6. The molecule has 0 N–H and O–H groups in total. The fraction of sp³-hybridized carbons (Fsp3) is 0.364. The highest BCUT2D eigenvalue weighted by molar-refractivity contribution is 7.89. The zero-order valence-electron chi connectivity index (χ0n) is 17.4. The van der Waals surface area contributed by atoms with Gasteiger partial charge in [0.05, 0.1) is 25.5 Å². The second-order valence-electron chi connectivity index (χ2n) is 8.07. The molecule has 2 aliphatic heterocycles. The Hall–Kier alpha value is -2.91. The van der Waals surface area contributed by atoms with Crippen molar-refractivity contribution < 1.29 is 17.9 Å². The third kappa shape index (κ3) is 3.57. The van der Waals surface area contributed by atoms with Crippen LogP contribution < -0.4 is 9.47 Å². The van der Waals surface area contributed by atoms with Crippen molar-refractivity contribution in [2.75, 3.05) is 19.8 Å². The Balaban J connectivity index is 1.49. The maximum Gasteiger partial charge on any atom is 0.246 e. The molecule has 3 atom stereocenters. The van der Waals surface area contributed by atoms with Crippen molar-refractivity contribution in [3.05, 3.63) is 66.1 Å². The molecular weight excluding hydrogens is 416 g/mol. The van der Waals surface area contributed by atoms with Gasteiger partial charge in [0.25, 0.3) is 0 Å². The van der Waals surface area contributed by atoms with Gasteiger partial charge in [-0.3, -0.25) is 4.68 Å². The highest BCUT2D eigenvalue weighted by Crippen LogP contribution is 2.49. The molecule has 2 aromatic heterocycles. The van der Waals surface area contributed by atoms with Crippen LogP contribution >= 0.6 is 0 Å². The largest absolute Gasteiger partial charge is 0.493 e. The highest BCUT2D eigenvalue weighted by Gasteiger charge is 2.51. The van der Waals surface area contributed by atoms with Crippen molar-refractivity contribution in [2.45, 2.75) is 17.9 Å². The lowest BCUT2D eigenvalue weighted by Crippen LogP contribution is -2.35. The molecule has 1 fully saturated rings. The minimum atomic E-state index is -3.73. The van der Waals surface area contributed by atoms with E-state index in [9.17, 15) is 8.42 Å². The molecule has 31 heavy (non-hydrogen) atoms. The van der Waals surface area contributed by atoms with E-state index in [1.54, 1.807) is 11.4 Å². The molecule has 3 aromatic rings. The Labute approximate surface area is 181 Å². The number of pyridine rings is 1. The number of aromatic nitrogens is 3. The van der Waals surface area contributed by atoms with Crippen molar-refractivity contribution >= 4 is 10.0 Å². The zero-order chi connectivity index (χ0) is 21.6. The number of hydrogen-bond donors (Lipinski definition) is 0. The van der Waals surface area contributed by atoms with E-state index in [1.807, 2.05) is 49.4 Å². The average molecular weight is 441 g/mol. The lowest BCUT2D eigenvalue weighted by Gasteiger charge is -2.33. The third-order valence-electron chi connectivity index (χ3n) is 6.00. The molecule has 4 heterocycles. The summed E-state index contributed by atoms with van der Waals surface area (Å²) < 4.78 is 42.2. The molecule has 1 aromatic carbocycles. The molecule has 0 radical (unpaired) electrons. The normalized spacial score (nSPS) is 23.1. The standard InChI is InChI=1S/C22H24N4O4S/c1-15-6-5-9-21(24-15)30-13-16-11-26(31(27,28)17-10-23-25(2)12-17)22-18-7-3-4-8-20(18)29-14-19(16)22/h3-10,12,16,19,22H,11,13-14H2,1-2H3/t16-,19-,22-/m0/s1. The predicted molar refractivity (Wildman–Crippen MR) is 113 cm³/mol. The Bertz CT molecular complexity index is 1210. The Kier molecular flexibility index (Phi) is 4.94. The number of nitrogens with zero attached hydrogens (tertiary/aromatic N) is 4. The van der Waals surface area contributed by atoms with Gasteiger partial charge in [0.15, 0.2) is 0 Å². The summed E-state index contributed by atoms with van der Waals surface area (Å²) >= 11 is 0. The first-order chi connectivity index (χ1) is 14.9. The molecule has 9 heteroatoms. The van der Waals surface area contributed by atoms with Crippen LogP contribution in [-0.2, 0) is 17.1 Å². The van der Waals surface area contributed by atoms with Crippen molar-refractivity contribution in [1.29, 1.82) is 0 Å². The van der Waals surface area contributed by atoms with E-state index in [-0.39, 0.29) is 22.8 Å². The molecule has 0 saturated carbocycles. The van der Waals surface area contributed by atoms with Gasteiger partial charge in [0.2, 0.25) is 15.9 Å². The summed E-state index contributed by atoms with van der Waals surface area (Å²) in [5, 5.41) is 4.06. The topological polar surface area (TPSA) is 86.6 Å². The first-order valence-corrected chi connectivity index (χ1v) is 11.7. The molecule has 0 bridgehead atoms. The van der Waals surface area contributed by atoms with E-state index in [1.165, 1.54) is 17.1 Å². The van der Waals surface area contributed by atoms with Crippen LogP contribution in [0, 0.1) is 18.8 Å². The van der Waals surface area contributed by atoms with Crippen LogP contribution in [0.2, 0.25) is 0 Å². The number of rotatable bonds is 5. The lowest BCUT2D eigenvalue weighted by molar-refractivity contribution is 0.134. The number of sulfonamides is 1. The average Bonchev–Trinajstić information content (AvgIpc) is 3.37. The number of para-hydroxylation sites is 1. The first kappa shape index (κ1) is 20.0. The van der Waals surface area contributed by atoms with Gasteiger partial charge in [-0.15, -0.1) is 0 Å².